The van der Waals surface area contributed by atoms with Gasteiger partial charge in [0.1, 0.15) is 12.5 Å². The highest BCUT2D eigenvalue weighted by molar-refractivity contribution is 6.33. The molecule has 1 aromatic carbocycles. The van der Waals surface area contributed by atoms with Gasteiger partial charge in [0.25, 0.3) is 0 Å². The zero-order chi connectivity index (χ0) is 15.6. The molecule has 0 aliphatic carbocycles. The third-order valence-electron chi connectivity index (χ3n) is 3.07. The van der Waals surface area contributed by atoms with Gasteiger partial charge in [0.2, 0.25) is 0 Å². The van der Waals surface area contributed by atoms with E-state index in [2.05, 4.69) is 4.74 Å². The molecule has 1 saturated heterocycles. The molecule has 0 radical (unpaired) electrons. The van der Waals surface area contributed by atoms with Gasteiger partial charge in [0.15, 0.2) is 0 Å². The van der Waals surface area contributed by atoms with Crippen LogP contribution in [-0.2, 0) is 9.57 Å². The van der Waals surface area contributed by atoms with E-state index in [1.54, 1.807) is 0 Å². The van der Waals surface area contributed by atoms with Crippen LogP contribution in [0.4, 0.5) is 0 Å². The van der Waals surface area contributed by atoms with Crippen molar-refractivity contribution in [3.05, 3.63) is 34.3 Å². The Balaban J connectivity index is 2.13. The number of halogens is 1. The zero-order valence-electron chi connectivity index (χ0n) is 11.2. The largest absolute Gasteiger partial charge is 0.465 e. The fourth-order valence-electron chi connectivity index (χ4n) is 1.94. The molecule has 0 bridgehead atoms. The van der Waals surface area contributed by atoms with Gasteiger partial charge < -0.3 is 19.8 Å². The molecule has 0 amide bonds. The minimum Gasteiger partial charge on any atom is -0.465 e. The van der Waals surface area contributed by atoms with Gasteiger partial charge in [-0.15, -0.1) is 0 Å². The number of methoxy groups -OCH3 is 1. The van der Waals surface area contributed by atoms with Crippen molar-refractivity contribution in [3.63, 3.8) is 0 Å². The van der Waals surface area contributed by atoms with Crippen molar-refractivity contribution in [2.24, 2.45) is 0 Å². The van der Waals surface area contributed by atoms with Gasteiger partial charge >= 0.3 is 11.9 Å². The summed E-state index contributed by atoms with van der Waals surface area (Å²) in [5.74, 6) is -1.42. The fraction of sp³-hybridized carbons (Fsp3) is 0.385. The lowest BCUT2D eigenvalue weighted by molar-refractivity contribution is -0.237. The number of aliphatic hydroxyl groups is 2. The number of ether oxygens (including phenoxy) is 1. The fourth-order valence-corrected chi connectivity index (χ4v) is 2.20. The number of carbonyl (C=O) groups excluding carboxylic acids is 2. The average molecular weight is 316 g/mol. The van der Waals surface area contributed by atoms with Gasteiger partial charge in [-0.25, -0.2) is 9.59 Å². The molecule has 0 saturated carbocycles. The van der Waals surface area contributed by atoms with E-state index in [9.17, 15) is 19.8 Å². The molecule has 8 heteroatoms. The second-order valence-electron chi connectivity index (χ2n) is 4.46. The number of hydrogen-bond acceptors (Lipinski definition) is 7. The minimum absolute atomic E-state index is 0.0406. The summed E-state index contributed by atoms with van der Waals surface area (Å²) >= 11 is 5.90. The molecule has 2 rings (SSSR count). The quantitative estimate of drug-likeness (QED) is 0.801. The number of nitrogens with zero attached hydrogens (tertiary/aromatic N) is 1. The number of esters is 1. The standard InChI is InChI=1S/C13H14ClNO6/c1-20-13(19)8-3-2-7(6-9(8)14)12(18)21-15-10(16)4-5-11(15)17/h2-3,6,10-11,16-17H,4-5H2,1H3. The Kier molecular flexibility index (Phi) is 4.79. The molecule has 21 heavy (non-hydrogen) atoms. The lowest BCUT2D eigenvalue weighted by Gasteiger charge is -2.21. The highest BCUT2D eigenvalue weighted by Crippen LogP contribution is 2.23. The van der Waals surface area contributed by atoms with Crippen molar-refractivity contribution in [1.82, 2.24) is 5.06 Å². The van der Waals surface area contributed by atoms with E-state index in [0.29, 0.717) is 12.8 Å². The first-order valence-corrected chi connectivity index (χ1v) is 6.56. The number of aliphatic hydroxyl groups excluding tert-OH is 2. The van der Waals surface area contributed by atoms with Crippen LogP contribution in [0, 0.1) is 0 Å². The maximum absolute atomic E-state index is 11.9. The third-order valence-corrected chi connectivity index (χ3v) is 3.38. The lowest BCUT2D eigenvalue weighted by Crippen LogP contribution is -2.37. The number of rotatable bonds is 3. The van der Waals surface area contributed by atoms with Crippen molar-refractivity contribution in [3.8, 4) is 0 Å². The summed E-state index contributed by atoms with van der Waals surface area (Å²) in [5, 5.41) is 20.0. The van der Waals surface area contributed by atoms with E-state index in [1.807, 2.05) is 0 Å². The normalized spacial score (nSPS) is 22.1. The van der Waals surface area contributed by atoms with Crippen molar-refractivity contribution in [1.29, 1.82) is 0 Å². The van der Waals surface area contributed by atoms with E-state index in [4.69, 9.17) is 16.4 Å². The Hall–Kier alpha value is -1.67. The zero-order valence-corrected chi connectivity index (χ0v) is 11.9. The first-order chi connectivity index (χ1) is 9.93. The third kappa shape index (κ3) is 3.33. The average Bonchev–Trinajstić information content (AvgIpc) is 2.78. The van der Waals surface area contributed by atoms with Crippen molar-refractivity contribution < 1.29 is 29.4 Å². The molecule has 0 spiro atoms. The first kappa shape index (κ1) is 15.7. The van der Waals surface area contributed by atoms with Gasteiger partial charge in [0.05, 0.1) is 23.3 Å². The van der Waals surface area contributed by atoms with Crippen molar-refractivity contribution in [2.45, 2.75) is 25.3 Å². The first-order valence-electron chi connectivity index (χ1n) is 6.18. The van der Waals surface area contributed by atoms with E-state index in [1.165, 1.54) is 25.3 Å². The molecule has 2 N–H and O–H groups in total. The van der Waals surface area contributed by atoms with Crippen LogP contribution in [0.5, 0.6) is 0 Å². The van der Waals surface area contributed by atoms with E-state index >= 15 is 0 Å². The monoisotopic (exact) mass is 315 g/mol. The number of hydrogen-bond donors (Lipinski definition) is 2. The molecular formula is C13H14ClNO6. The predicted molar refractivity (Wildman–Crippen MR) is 71.3 cm³/mol. The molecule has 1 aliphatic rings. The summed E-state index contributed by atoms with van der Waals surface area (Å²) in [7, 11) is 1.22. The summed E-state index contributed by atoms with van der Waals surface area (Å²) in [6.45, 7) is 0. The van der Waals surface area contributed by atoms with Crippen molar-refractivity contribution >= 4 is 23.5 Å². The van der Waals surface area contributed by atoms with E-state index < -0.39 is 24.4 Å². The second kappa shape index (κ2) is 6.40. The molecule has 1 aliphatic heterocycles. The lowest BCUT2D eigenvalue weighted by atomic mass is 10.1. The topological polar surface area (TPSA) is 96.3 Å². The minimum atomic E-state index is -1.05. The predicted octanol–water partition coefficient (Wildman–Crippen LogP) is 0.931. The molecule has 0 aromatic heterocycles. The van der Waals surface area contributed by atoms with Crippen LogP contribution in [0.3, 0.4) is 0 Å². The van der Waals surface area contributed by atoms with Gasteiger partial charge in [-0.3, -0.25) is 0 Å². The summed E-state index contributed by atoms with van der Waals surface area (Å²) in [4.78, 5) is 28.2. The van der Waals surface area contributed by atoms with E-state index in [0.717, 1.165) is 5.06 Å². The second-order valence-corrected chi connectivity index (χ2v) is 4.87. The maximum Gasteiger partial charge on any atom is 0.357 e. The van der Waals surface area contributed by atoms with Gasteiger partial charge in [-0.1, -0.05) is 16.7 Å². The van der Waals surface area contributed by atoms with Crippen LogP contribution < -0.4 is 0 Å². The van der Waals surface area contributed by atoms with Gasteiger partial charge in [-0.2, -0.15) is 0 Å². The van der Waals surface area contributed by atoms with Crippen LogP contribution in [-0.4, -0.2) is 46.8 Å². The summed E-state index contributed by atoms with van der Waals surface area (Å²) in [6.07, 6.45) is -1.49. The Morgan fingerprint density at radius 1 is 1.24 bits per heavy atom. The Bertz CT molecular complexity index is 554. The summed E-state index contributed by atoms with van der Waals surface area (Å²) < 4.78 is 4.54. The van der Waals surface area contributed by atoms with E-state index in [-0.39, 0.29) is 16.1 Å². The summed E-state index contributed by atoms with van der Waals surface area (Å²) in [5.41, 5.74) is 0.205. The Labute approximate surface area is 125 Å². The molecule has 1 heterocycles. The van der Waals surface area contributed by atoms with Crippen LogP contribution in [0.25, 0.3) is 0 Å². The molecular weight excluding hydrogens is 302 g/mol. The molecule has 114 valence electrons. The number of carbonyl (C=O) groups is 2. The Morgan fingerprint density at radius 2 is 1.86 bits per heavy atom. The van der Waals surface area contributed by atoms with Crippen LogP contribution in [0.1, 0.15) is 33.6 Å². The maximum atomic E-state index is 11.9. The van der Waals surface area contributed by atoms with Gasteiger partial charge in [-0.05, 0) is 31.0 Å². The van der Waals surface area contributed by atoms with Gasteiger partial charge in [0, 0.05) is 0 Å². The summed E-state index contributed by atoms with van der Waals surface area (Å²) in [6, 6.07) is 3.93. The molecule has 1 aromatic rings. The van der Waals surface area contributed by atoms with Crippen LogP contribution in [0.15, 0.2) is 18.2 Å². The Morgan fingerprint density at radius 3 is 2.38 bits per heavy atom. The SMILES string of the molecule is COC(=O)c1ccc(C(=O)ON2C(O)CCC2O)cc1Cl. The smallest absolute Gasteiger partial charge is 0.357 e. The highest BCUT2D eigenvalue weighted by atomic mass is 35.5. The number of benzene rings is 1. The van der Waals surface area contributed by atoms with Crippen LogP contribution in [0.2, 0.25) is 5.02 Å². The molecule has 2 unspecified atom stereocenters. The molecule has 7 nitrogen and oxygen atoms in total. The van der Waals surface area contributed by atoms with Crippen LogP contribution >= 0.6 is 11.6 Å². The number of hydroxylamine groups is 2. The molecule has 2 atom stereocenters. The molecule has 1 fully saturated rings. The van der Waals surface area contributed by atoms with Crippen molar-refractivity contribution in [2.75, 3.05) is 7.11 Å². The highest BCUT2D eigenvalue weighted by Gasteiger charge is 2.34.